The molecular formula is C13H24N2O3. The maximum Gasteiger partial charge on any atom is 0.239 e. The first kappa shape index (κ1) is 13.8. The van der Waals surface area contributed by atoms with Crippen LogP contribution in [-0.2, 0) is 9.53 Å². The molecule has 2 fully saturated rings. The van der Waals surface area contributed by atoms with E-state index in [0.29, 0.717) is 19.0 Å². The minimum absolute atomic E-state index is 0.00303. The lowest BCUT2D eigenvalue weighted by Crippen LogP contribution is -2.58. The second-order valence-corrected chi connectivity index (χ2v) is 6.19. The number of hydrogen-bond acceptors (Lipinski definition) is 4. The maximum absolute atomic E-state index is 12.3. The first-order chi connectivity index (χ1) is 8.41. The number of carbonyl (C=O) groups excluding carboxylic acids is 1. The van der Waals surface area contributed by atoms with E-state index in [0.717, 1.165) is 6.42 Å². The van der Waals surface area contributed by atoms with Crippen molar-refractivity contribution in [3.8, 4) is 0 Å². The predicted octanol–water partition coefficient (Wildman–Crippen LogP) is 0.112. The smallest absolute Gasteiger partial charge is 0.239 e. The van der Waals surface area contributed by atoms with Crippen LogP contribution >= 0.6 is 0 Å². The van der Waals surface area contributed by atoms with Gasteiger partial charge in [-0.2, -0.15) is 0 Å². The van der Waals surface area contributed by atoms with Crippen LogP contribution in [0, 0.1) is 5.92 Å². The van der Waals surface area contributed by atoms with Gasteiger partial charge in [-0.05, 0) is 26.2 Å². The van der Waals surface area contributed by atoms with Crippen LogP contribution in [-0.4, -0.2) is 53.4 Å². The summed E-state index contributed by atoms with van der Waals surface area (Å²) in [5, 5.41) is 9.22. The number of nitrogens with zero attached hydrogens (tertiary/aromatic N) is 1. The molecule has 1 saturated carbocycles. The Bertz CT molecular complexity index is 315. The fourth-order valence-electron chi connectivity index (χ4n) is 2.61. The summed E-state index contributed by atoms with van der Waals surface area (Å²) in [5.41, 5.74) is 5.55. The van der Waals surface area contributed by atoms with Crippen molar-refractivity contribution in [3.63, 3.8) is 0 Å². The topological polar surface area (TPSA) is 75.8 Å². The van der Waals surface area contributed by atoms with Crippen molar-refractivity contribution in [2.75, 3.05) is 19.7 Å². The second kappa shape index (κ2) is 5.15. The van der Waals surface area contributed by atoms with Crippen molar-refractivity contribution >= 4 is 5.91 Å². The highest BCUT2D eigenvalue weighted by atomic mass is 16.5. The molecule has 18 heavy (non-hydrogen) atoms. The van der Waals surface area contributed by atoms with Crippen LogP contribution in [0.5, 0.6) is 0 Å². The first-order valence-corrected chi connectivity index (χ1v) is 6.74. The molecule has 0 radical (unpaired) electrons. The van der Waals surface area contributed by atoms with Gasteiger partial charge in [0.15, 0.2) is 0 Å². The Morgan fingerprint density at radius 2 is 2.22 bits per heavy atom. The maximum atomic E-state index is 12.3. The van der Waals surface area contributed by atoms with E-state index in [1.54, 1.807) is 4.90 Å². The highest BCUT2D eigenvalue weighted by Crippen LogP contribution is 2.33. The second-order valence-electron chi connectivity index (χ2n) is 6.19. The van der Waals surface area contributed by atoms with Gasteiger partial charge in [0.2, 0.25) is 5.91 Å². The van der Waals surface area contributed by atoms with Crippen LogP contribution in [0.2, 0.25) is 0 Å². The van der Waals surface area contributed by atoms with Crippen LogP contribution in [0.3, 0.4) is 0 Å². The van der Waals surface area contributed by atoms with Crippen LogP contribution in [0.1, 0.15) is 33.1 Å². The molecular weight excluding hydrogens is 232 g/mol. The van der Waals surface area contributed by atoms with Gasteiger partial charge in [0.25, 0.3) is 0 Å². The van der Waals surface area contributed by atoms with Crippen LogP contribution in [0.15, 0.2) is 0 Å². The van der Waals surface area contributed by atoms with Crippen molar-refractivity contribution in [1.82, 2.24) is 4.90 Å². The number of carbonyl (C=O) groups is 1. The number of rotatable bonds is 4. The molecule has 5 nitrogen and oxygen atoms in total. The van der Waals surface area contributed by atoms with Gasteiger partial charge >= 0.3 is 0 Å². The van der Waals surface area contributed by atoms with E-state index < -0.39 is 11.6 Å². The van der Waals surface area contributed by atoms with Gasteiger partial charge in [-0.25, -0.2) is 0 Å². The molecule has 1 aliphatic heterocycles. The molecule has 1 heterocycles. The highest BCUT2D eigenvalue weighted by molar-refractivity contribution is 5.81. The molecule has 2 unspecified atom stereocenters. The van der Waals surface area contributed by atoms with Gasteiger partial charge in [0.05, 0.1) is 24.4 Å². The number of nitrogens with two attached hydrogens (primary N) is 1. The number of morpholine rings is 1. The lowest BCUT2D eigenvalue weighted by atomic mass is 10.0. The Kier molecular flexibility index (Phi) is 3.94. The van der Waals surface area contributed by atoms with E-state index in [-0.39, 0.29) is 18.6 Å². The summed E-state index contributed by atoms with van der Waals surface area (Å²) in [4.78, 5) is 14.0. The van der Waals surface area contributed by atoms with Crippen LogP contribution < -0.4 is 5.73 Å². The van der Waals surface area contributed by atoms with E-state index in [2.05, 4.69) is 0 Å². The zero-order chi connectivity index (χ0) is 13.3. The molecule has 0 aromatic heterocycles. The highest BCUT2D eigenvalue weighted by Gasteiger charge is 2.37. The zero-order valence-electron chi connectivity index (χ0n) is 11.3. The monoisotopic (exact) mass is 256 g/mol. The Labute approximate surface area is 108 Å². The average molecular weight is 256 g/mol. The molecule has 5 heteroatoms. The standard InChI is InChI=1S/C13H24N2O3/c1-13(2)8-15(6-10(7-16)18-13)12(17)11(14)5-9-3-4-9/h9-11,16H,3-8,14H2,1-2H3. The molecule has 0 aromatic carbocycles. The molecule has 1 aliphatic carbocycles. The quantitative estimate of drug-likeness (QED) is 0.748. The third-order valence-corrected chi connectivity index (χ3v) is 3.60. The normalized spacial score (nSPS) is 29.1. The number of aliphatic hydroxyl groups is 1. The summed E-state index contributed by atoms with van der Waals surface area (Å²) in [6.07, 6.45) is 2.90. The zero-order valence-corrected chi connectivity index (χ0v) is 11.3. The Hall–Kier alpha value is -0.650. The van der Waals surface area contributed by atoms with Gasteiger partial charge in [-0.1, -0.05) is 12.8 Å². The van der Waals surface area contributed by atoms with Crippen molar-refractivity contribution < 1.29 is 14.6 Å². The average Bonchev–Trinajstić information content (AvgIpc) is 3.09. The Morgan fingerprint density at radius 3 is 2.78 bits per heavy atom. The predicted molar refractivity (Wildman–Crippen MR) is 67.9 cm³/mol. The van der Waals surface area contributed by atoms with E-state index in [1.807, 2.05) is 13.8 Å². The Balaban J connectivity index is 1.94. The molecule has 0 spiro atoms. The summed E-state index contributed by atoms with van der Waals surface area (Å²) in [6, 6.07) is -0.397. The number of amides is 1. The van der Waals surface area contributed by atoms with Crippen LogP contribution in [0.4, 0.5) is 0 Å². The molecule has 0 bridgehead atoms. The lowest BCUT2D eigenvalue weighted by Gasteiger charge is -2.43. The van der Waals surface area contributed by atoms with Gasteiger partial charge in [0.1, 0.15) is 0 Å². The molecule has 104 valence electrons. The summed E-state index contributed by atoms with van der Waals surface area (Å²) < 4.78 is 5.69. The third-order valence-electron chi connectivity index (χ3n) is 3.60. The minimum atomic E-state index is -0.416. The van der Waals surface area contributed by atoms with E-state index in [4.69, 9.17) is 10.5 Å². The molecule has 0 aromatic rings. The largest absolute Gasteiger partial charge is 0.394 e. The van der Waals surface area contributed by atoms with E-state index in [1.165, 1.54) is 12.8 Å². The van der Waals surface area contributed by atoms with Crippen LogP contribution in [0.25, 0.3) is 0 Å². The number of aliphatic hydroxyl groups excluding tert-OH is 1. The van der Waals surface area contributed by atoms with Gasteiger partial charge in [-0.15, -0.1) is 0 Å². The van der Waals surface area contributed by atoms with Crippen molar-refractivity contribution in [3.05, 3.63) is 0 Å². The fourth-order valence-corrected chi connectivity index (χ4v) is 2.61. The summed E-state index contributed by atoms with van der Waals surface area (Å²) in [6.45, 7) is 4.78. The molecule has 1 saturated heterocycles. The van der Waals surface area contributed by atoms with Gasteiger partial charge in [-0.3, -0.25) is 4.79 Å². The first-order valence-electron chi connectivity index (χ1n) is 6.74. The van der Waals surface area contributed by atoms with Crippen molar-refractivity contribution in [2.24, 2.45) is 11.7 Å². The van der Waals surface area contributed by atoms with E-state index in [9.17, 15) is 9.90 Å². The van der Waals surface area contributed by atoms with Crippen molar-refractivity contribution in [2.45, 2.75) is 50.9 Å². The molecule has 2 atom stereocenters. The fraction of sp³-hybridized carbons (Fsp3) is 0.923. The lowest BCUT2D eigenvalue weighted by molar-refractivity contribution is -0.168. The Morgan fingerprint density at radius 1 is 1.56 bits per heavy atom. The van der Waals surface area contributed by atoms with Gasteiger partial charge in [0, 0.05) is 13.1 Å². The molecule has 2 rings (SSSR count). The summed E-state index contributed by atoms with van der Waals surface area (Å²) in [7, 11) is 0. The number of ether oxygens (including phenoxy) is 1. The molecule has 1 amide bonds. The van der Waals surface area contributed by atoms with Crippen molar-refractivity contribution in [1.29, 1.82) is 0 Å². The SMILES string of the molecule is CC1(C)CN(C(=O)C(N)CC2CC2)CC(CO)O1. The van der Waals surface area contributed by atoms with Gasteiger partial charge < -0.3 is 20.5 Å². The summed E-state index contributed by atoms with van der Waals surface area (Å²) in [5.74, 6) is 0.642. The third kappa shape index (κ3) is 3.43. The summed E-state index contributed by atoms with van der Waals surface area (Å²) >= 11 is 0. The van der Waals surface area contributed by atoms with E-state index >= 15 is 0 Å². The minimum Gasteiger partial charge on any atom is -0.394 e. The molecule has 2 aliphatic rings. The molecule has 3 N–H and O–H groups in total. The number of hydrogen-bond donors (Lipinski definition) is 2.